The maximum absolute atomic E-state index is 12.1. The number of hydrogen-bond donors (Lipinski definition) is 2. The normalized spacial score (nSPS) is 21.5. The van der Waals surface area contributed by atoms with E-state index in [9.17, 15) is 9.59 Å². The topological polar surface area (TPSA) is 96.7 Å². The average Bonchev–Trinajstić information content (AvgIpc) is 3.04. The van der Waals surface area contributed by atoms with Gasteiger partial charge in [0.25, 0.3) is 0 Å². The van der Waals surface area contributed by atoms with Gasteiger partial charge < -0.3 is 20.1 Å². The van der Waals surface area contributed by atoms with Crippen LogP contribution >= 0.6 is 0 Å². The SMILES string of the molecule is COC1CC(C(=O)O)N(C(=O)NCCc2cnn(C)c2)C1. The molecular formula is C13H20N4O4. The number of methoxy groups -OCH3 is 1. The molecule has 0 saturated carbocycles. The highest BCUT2D eigenvalue weighted by molar-refractivity contribution is 5.83. The monoisotopic (exact) mass is 296 g/mol. The lowest BCUT2D eigenvalue weighted by Gasteiger charge is -2.21. The number of amides is 2. The second-order valence-corrected chi connectivity index (χ2v) is 5.10. The molecule has 0 bridgehead atoms. The first-order valence-electron chi connectivity index (χ1n) is 6.79. The summed E-state index contributed by atoms with van der Waals surface area (Å²) in [6.07, 6.45) is 4.36. The van der Waals surface area contributed by atoms with Crippen LogP contribution in [-0.2, 0) is 23.0 Å². The van der Waals surface area contributed by atoms with Crippen LogP contribution in [0.3, 0.4) is 0 Å². The van der Waals surface area contributed by atoms with E-state index in [1.165, 1.54) is 12.0 Å². The zero-order chi connectivity index (χ0) is 15.4. The number of urea groups is 1. The Balaban J connectivity index is 1.85. The van der Waals surface area contributed by atoms with Gasteiger partial charge in [-0.15, -0.1) is 0 Å². The number of carboxylic acids is 1. The Bertz CT molecular complexity index is 516. The zero-order valence-electron chi connectivity index (χ0n) is 12.2. The van der Waals surface area contributed by atoms with E-state index in [0.717, 1.165) is 5.56 Å². The molecule has 1 saturated heterocycles. The third kappa shape index (κ3) is 3.72. The Morgan fingerprint density at radius 3 is 2.90 bits per heavy atom. The molecule has 2 unspecified atom stereocenters. The summed E-state index contributed by atoms with van der Waals surface area (Å²) in [6, 6.07) is -1.20. The van der Waals surface area contributed by atoms with Crippen molar-refractivity contribution < 1.29 is 19.4 Å². The number of carboxylic acid groups (broad SMARTS) is 1. The number of ether oxygens (including phenoxy) is 1. The minimum Gasteiger partial charge on any atom is -0.480 e. The molecule has 8 nitrogen and oxygen atoms in total. The van der Waals surface area contributed by atoms with Crippen molar-refractivity contribution in [2.45, 2.75) is 25.0 Å². The van der Waals surface area contributed by atoms with Crippen molar-refractivity contribution >= 4 is 12.0 Å². The maximum atomic E-state index is 12.1. The van der Waals surface area contributed by atoms with Gasteiger partial charge in [0.2, 0.25) is 0 Å². The summed E-state index contributed by atoms with van der Waals surface area (Å²) in [4.78, 5) is 24.6. The molecule has 1 aromatic rings. The van der Waals surface area contributed by atoms with Gasteiger partial charge in [-0.25, -0.2) is 9.59 Å². The summed E-state index contributed by atoms with van der Waals surface area (Å²) >= 11 is 0. The van der Waals surface area contributed by atoms with E-state index in [0.29, 0.717) is 25.9 Å². The molecule has 1 aliphatic rings. The third-order valence-corrected chi connectivity index (χ3v) is 3.59. The fourth-order valence-corrected chi connectivity index (χ4v) is 2.44. The number of carbonyl (C=O) groups is 2. The minimum absolute atomic E-state index is 0.227. The molecule has 1 fully saturated rings. The standard InChI is InChI=1S/C13H20N4O4/c1-16-7-9(6-15-16)3-4-14-13(20)17-8-10(21-2)5-11(17)12(18)19/h6-7,10-11H,3-5,8H2,1-2H3,(H,14,20)(H,18,19). The molecule has 2 amide bonds. The summed E-state index contributed by atoms with van der Waals surface area (Å²) in [5.41, 5.74) is 1.02. The molecule has 0 radical (unpaired) electrons. The van der Waals surface area contributed by atoms with Gasteiger partial charge in [-0.2, -0.15) is 5.10 Å². The fraction of sp³-hybridized carbons (Fsp3) is 0.615. The summed E-state index contributed by atoms with van der Waals surface area (Å²) < 4.78 is 6.85. The van der Waals surface area contributed by atoms with Gasteiger partial charge in [0, 0.05) is 39.9 Å². The number of aromatic nitrogens is 2. The van der Waals surface area contributed by atoms with Crippen LogP contribution in [0.25, 0.3) is 0 Å². The molecule has 0 spiro atoms. The molecule has 2 N–H and O–H groups in total. The molecule has 8 heteroatoms. The number of carbonyl (C=O) groups excluding carboxylic acids is 1. The molecular weight excluding hydrogens is 276 g/mol. The number of aryl methyl sites for hydroxylation is 1. The molecule has 116 valence electrons. The molecule has 1 aromatic heterocycles. The third-order valence-electron chi connectivity index (χ3n) is 3.59. The number of nitrogens with zero attached hydrogens (tertiary/aromatic N) is 3. The van der Waals surface area contributed by atoms with E-state index >= 15 is 0 Å². The average molecular weight is 296 g/mol. The van der Waals surface area contributed by atoms with E-state index in [1.54, 1.807) is 10.9 Å². The Labute approximate surface area is 122 Å². The van der Waals surface area contributed by atoms with E-state index in [4.69, 9.17) is 9.84 Å². The lowest BCUT2D eigenvalue weighted by Crippen LogP contribution is -2.46. The summed E-state index contributed by atoms with van der Waals surface area (Å²) in [6.45, 7) is 0.733. The highest BCUT2D eigenvalue weighted by atomic mass is 16.5. The van der Waals surface area contributed by atoms with Gasteiger partial charge in [-0.05, 0) is 12.0 Å². The summed E-state index contributed by atoms with van der Waals surface area (Å²) in [5.74, 6) is -1.00. The predicted molar refractivity (Wildman–Crippen MR) is 73.9 cm³/mol. The van der Waals surface area contributed by atoms with E-state index in [-0.39, 0.29) is 12.1 Å². The minimum atomic E-state index is -1.00. The van der Waals surface area contributed by atoms with Crippen molar-refractivity contribution in [3.63, 3.8) is 0 Å². The van der Waals surface area contributed by atoms with Crippen molar-refractivity contribution in [3.8, 4) is 0 Å². The first kappa shape index (κ1) is 15.3. The summed E-state index contributed by atoms with van der Waals surface area (Å²) in [5, 5.41) is 16.0. The van der Waals surface area contributed by atoms with Crippen molar-refractivity contribution in [2.24, 2.45) is 7.05 Å². The first-order valence-corrected chi connectivity index (χ1v) is 6.79. The van der Waals surface area contributed by atoms with E-state index in [1.807, 2.05) is 13.2 Å². The van der Waals surface area contributed by atoms with Gasteiger partial charge in [-0.3, -0.25) is 4.68 Å². The van der Waals surface area contributed by atoms with Crippen LogP contribution in [0, 0.1) is 0 Å². The molecule has 2 heterocycles. The highest BCUT2D eigenvalue weighted by Gasteiger charge is 2.39. The molecule has 2 rings (SSSR count). The highest BCUT2D eigenvalue weighted by Crippen LogP contribution is 2.20. The van der Waals surface area contributed by atoms with Crippen LogP contribution in [0.1, 0.15) is 12.0 Å². The molecule has 2 atom stereocenters. The maximum Gasteiger partial charge on any atom is 0.326 e. The largest absolute Gasteiger partial charge is 0.480 e. The van der Waals surface area contributed by atoms with Crippen LogP contribution in [0.2, 0.25) is 0 Å². The lowest BCUT2D eigenvalue weighted by atomic mass is 10.2. The Morgan fingerprint density at radius 2 is 2.33 bits per heavy atom. The second-order valence-electron chi connectivity index (χ2n) is 5.10. The number of likely N-dealkylation sites (tertiary alicyclic amines) is 1. The number of hydrogen-bond acceptors (Lipinski definition) is 4. The summed E-state index contributed by atoms with van der Waals surface area (Å²) in [7, 11) is 3.35. The van der Waals surface area contributed by atoms with Gasteiger partial charge in [-0.1, -0.05) is 0 Å². The molecule has 21 heavy (non-hydrogen) atoms. The Hall–Kier alpha value is -2.09. The van der Waals surface area contributed by atoms with Crippen molar-refractivity contribution in [1.29, 1.82) is 0 Å². The lowest BCUT2D eigenvalue weighted by molar-refractivity contribution is -0.141. The van der Waals surface area contributed by atoms with Crippen LogP contribution < -0.4 is 5.32 Å². The predicted octanol–water partition coefficient (Wildman–Crippen LogP) is -0.154. The van der Waals surface area contributed by atoms with E-state index in [2.05, 4.69) is 10.4 Å². The van der Waals surface area contributed by atoms with Crippen LogP contribution in [0.5, 0.6) is 0 Å². The first-order chi connectivity index (χ1) is 10.0. The number of nitrogens with one attached hydrogen (secondary N) is 1. The second kappa shape index (κ2) is 6.57. The van der Waals surface area contributed by atoms with Gasteiger partial charge >= 0.3 is 12.0 Å². The van der Waals surface area contributed by atoms with Crippen molar-refractivity contribution in [3.05, 3.63) is 18.0 Å². The van der Waals surface area contributed by atoms with Crippen molar-refractivity contribution in [2.75, 3.05) is 20.2 Å². The molecule has 1 aliphatic heterocycles. The molecule has 0 aliphatic carbocycles. The van der Waals surface area contributed by atoms with Crippen LogP contribution in [-0.4, -0.2) is 64.1 Å². The van der Waals surface area contributed by atoms with Crippen molar-refractivity contribution in [1.82, 2.24) is 20.0 Å². The van der Waals surface area contributed by atoms with Gasteiger partial charge in [0.15, 0.2) is 0 Å². The van der Waals surface area contributed by atoms with Crippen LogP contribution in [0.4, 0.5) is 4.79 Å². The Morgan fingerprint density at radius 1 is 1.57 bits per heavy atom. The number of aliphatic carboxylic acids is 1. The quantitative estimate of drug-likeness (QED) is 0.787. The number of rotatable bonds is 5. The van der Waals surface area contributed by atoms with Gasteiger partial charge in [0.1, 0.15) is 6.04 Å². The Kier molecular flexibility index (Phi) is 4.79. The zero-order valence-corrected chi connectivity index (χ0v) is 12.2. The van der Waals surface area contributed by atoms with Gasteiger partial charge in [0.05, 0.1) is 12.3 Å². The van der Waals surface area contributed by atoms with E-state index < -0.39 is 12.0 Å². The smallest absolute Gasteiger partial charge is 0.326 e. The fourth-order valence-electron chi connectivity index (χ4n) is 2.44. The molecule has 0 aromatic carbocycles. The van der Waals surface area contributed by atoms with Crippen LogP contribution in [0.15, 0.2) is 12.4 Å².